The van der Waals surface area contributed by atoms with Crippen LogP contribution in [-0.4, -0.2) is 28.9 Å². The van der Waals surface area contributed by atoms with Gasteiger partial charge in [0.1, 0.15) is 5.01 Å². The first kappa shape index (κ1) is 19.8. The van der Waals surface area contributed by atoms with Gasteiger partial charge in [0.2, 0.25) is 5.91 Å². The van der Waals surface area contributed by atoms with Crippen molar-refractivity contribution in [1.82, 2.24) is 9.88 Å². The Balaban J connectivity index is 1.42. The Kier molecular flexibility index (Phi) is 5.76. The van der Waals surface area contributed by atoms with Crippen LogP contribution in [0.5, 0.6) is 0 Å². The van der Waals surface area contributed by atoms with E-state index in [0.717, 1.165) is 28.3 Å². The summed E-state index contributed by atoms with van der Waals surface area (Å²) in [4.78, 5) is 20.7. The predicted molar refractivity (Wildman–Crippen MR) is 124 cm³/mol. The zero-order valence-electron chi connectivity index (χ0n) is 16.7. The molecule has 0 spiro atoms. The number of aromatic nitrogens is 1. The average molecular weight is 422 g/mol. The molecule has 0 saturated carbocycles. The highest BCUT2D eigenvalue weighted by Gasteiger charge is 2.18. The first-order valence-corrected chi connectivity index (χ1v) is 11.2. The van der Waals surface area contributed by atoms with E-state index in [9.17, 15) is 4.79 Å². The van der Waals surface area contributed by atoms with Crippen LogP contribution in [0, 0.1) is 6.92 Å². The number of rotatable bonds is 6. The van der Waals surface area contributed by atoms with E-state index in [1.807, 2.05) is 44.3 Å². The summed E-state index contributed by atoms with van der Waals surface area (Å²) in [6.45, 7) is 4.79. The molecule has 2 heterocycles. The van der Waals surface area contributed by atoms with Crippen LogP contribution >= 0.6 is 22.7 Å². The van der Waals surface area contributed by atoms with Crippen molar-refractivity contribution in [1.29, 1.82) is 0 Å². The molecular weight excluding hydrogens is 398 g/mol. The van der Waals surface area contributed by atoms with Gasteiger partial charge in [-0.15, -0.1) is 22.7 Å². The summed E-state index contributed by atoms with van der Waals surface area (Å²) in [5.74, 6) is -0.00716. The van der Waals surface area contributed by atoms with Gasteiger partial charge in [0.05, 0.1) is 16.3 Å². The lowest BCUT2D eigenvalue weighted by atomic mass is 10.2. The third-order valence-electron chi connectivity index (χ3n) is 4.97. The van der Waals surface area contributed by atoms with Gasteiger partial charge >= 0.3 is 0 Å². The van der Waals surface area contributed by atoms with E-state index in [4.69, 9.17) is 4.98 Å². The zero-order chi connectivity index (χ0) is 20.4. The van der Waals surface area contributed by atoms with Gasteiger partial charge in [0.25, 0.3) is 0 Å². The van der Waals surface area contributed by atoms with Gasteiger partial charge in [-0.3, -0.25) is 9.69 Å². The van der Waals surface area contributed by atoms with E-state index in [1.54, 1.807) is 22.7 Å². The minimum absolute atomic E-state index is 0.00716. The summed E-state index contributed by atoms with van der Waals surface area (Å²) in [6, 6.07) is 18.1. The Bertz CT molecular complexity index is 1120. The van der Waals surface area contributed by atoms with Gasteiger partial charge in [-0.1, -0.05) is 12.1 Å². The summed E-state index contributed by atoms with van der Waals surface area (Å²) >= 11 is 3.40. The van der Waals surface area contributed by atoms with Crippen molar-refractivity contribution in [2.75, 3.05) is 12.4 Å². The first-order valence-electron chi connectivity index (χ1n) is 9.51. The van der Waals surface area contributed by atoms with Crippen LogP contribution in [0.15, 0.2) is 60.0 Å². The van der Waals surface area contributed by atoms with Gasteiger partial charge in [-0.2, -0.15) is 0 Å². The molecule has 148 valence electrons. The van der Waals surface area contributed by atoms with Gasteiger partial charge in [-0.05, 0) is 74.3 Å². The fourth-order valence-electron chi connectivity index (χ4n) is 3.08. The predicted octanol–water partition coefficient (Wildman–Crippen LogP) is 5.79. The summed E-state index contributed by atoms with van der Waals surface area (Å²) in [6.07, 6.45) is 0. The fourth-order valence-corrected chi connectivity index (χ4v) is 4.92. The molecule has 1 amide bonds. The number of fused-ring (bicyclic) bond motifs is 1. The first-order chi connectivity index (χ1) is 14.0. The minimum atomic E-state index is -0.218. The summed E-state index contributed by atoms with van der Waals surface area (Å²) in [5.41, 5.74) is 4.12. The van der Waals surface area contributed by atoms with Crippen molar-refractivity contribution >= 4 is 44.5 Å². The third-order valence-corrected chi connectivity index (χ3v) is 6.90. The van der Waals surface area contributed by atoms with Crippen LogP contribution in [0.2, 0.25) is 0 Å². The lowest BCUT2D eigenvalue weighted by Gasteiger charge is -2.23. The Labute approximate surface area is 178 Å². The SMILES string of the molecule is Cc1ccc2nc(-c3ccc(NC(=O)C(C)N(C)Cc4cccs4)cc3)sc2c1. The summed E-state index contributed by atoms with van der Waals surface area (Å²) in [5, 5.41) is 6.07. The largest absolute Gasteiger partial charge is 0.325 e. The molecule has 0 saturated heterocycles. The molecule has 0 aliphatic heterocycles. The van der Waals surface area contributed by atoms with Crippen LogP contribution in [-0.2, 0) is 11.3 Å². The van der Waals surface area contributed by atoms with Crippen molar-refractivity contribution in [3.05, 3.63) is 70.4 Å². The number of thiophene rings is 1. The third kappa shape index (κ3) is 4.56. The molecule has 1 unspecified atom stereocenters. The van der Waals surface area contributed by atoms with Crippen molar-refractivity contribution < 1.29 is 4.79 Å². The number of amides is 1. The van der Waals surface area contributed by atoms with Crippen molar-refractivity contribution in [3.8, 4) is 10.6 Å². The number of thiazole rings is 1. The van der Waals surface area contributed by atoms with Gasteiger partial charge in [-0.25, -0.2) is 4.98 Å². The van der Waals surface area contributed by atoms with E-state index in [-0.39, 0.29) is 11.9 Å². The molecule has 2 aromatic carbocycles. The van der Waals surface area contributed by atoms with Crippen molar-refractivity contribution in [3.63, 3.8) is 0 Å². The molecule has 6 heteroatoms. The molecule has 0 bridgehead atoms. The number of anilines is 1. The maximum atomic E-state index is 12.6. The van der Waals surface area contributed by atoms with E-state index >= 15 is 0 Å². The van der Waals surface area contributed by atoms with E-state index < -0.39 is 0 Å². The van der Waals surface area contributed by atoms with Crippen LogP contribution in [0.4, 0.5) is 5.69 Å². The van der Waals surface area contributed by atoms with Crippen molar-refractivity contribution in [2.24, 2.45) is 0 Å². The quantitative estimate of drug-likeness (QED) is 0.428. The number of nitrogens with zero attached hydrogens (tertiary/aromatic N) is 2. The second kappa shape index (κ2) is 8.45. The number of hydrogen-bond acceptors (Lipinski definition) is 5. The number of likely N-dealkylation sites (N-methyl/N-ethyl adjacent to an activating group) is 1. The van der Waals surface area contributed by atoms with Crippen LogP contribution in [0.1, 0.15) is 17.4 Å². The smallest absolute Gasteiger partial charge is 0.241 e. The summed E-state index contributed by atoms with van der Waals surface area (Å²) in [7, 11) is 1.97. The lowest BCUT2D eigenvalue weighted by Crippen LogP contribution is -2.39. The number of aryl methyl sites for hydroxylation is 1. The minimum Gasteiger partial charge on any atom is -0.325 e. The highest BCUT2D eigenvalue weighted by Crippen LogP contribution is 2.31. The van der Waals surface area contributed by atoms with E-state index in [0.29, 0.717) is 0 Å². The Morgan fingerprint density at radius 1 is 1.17 bits per heavy atom. The lowest BCUT2D eigenvalue weighted by molar-refractivity contribution is -0.120. The molecule has 0 fully saturated rings. The van der Waals surface area contributed by atoms with Gasteiger partial charge < -0.3 is 5.32 Å². The van der Waals surface area contributed by atoms with Gasteiger partial charge in [0.15, 0.2) is 0 Å². The monoisotopic (exact) mass is 421 g/mol. The maximum absolute atomic E-state index is 12.6. The summed E-state index contributed by atoms with van der Waals surface area (Å²) < 4.78 is 1.19. The molecule has 4 nitrogen and oxygen atoms in total. The topological polar surface area (TPSA) is 45.2 Å². The second-order valence-electron chi connectivity index (χ2n) is 7.23. The number of carbonyl (C=O) groups excluding carboxylic acids is 1. The molecular formula is C23H23N3OS2. The van der Waals surface area contributed by atoms with Crippen LogP contribution in [0.3, 0.4) is 0 Å². The normalized spacial score (nSPS) is 12.4. The highest BCUT2D eigenvalue weighted by atomic mass is 32.1. The molecule has 0 aliphatic rings. The highest BCUT2D eigenvalue weighted by molar-refractivity contribution is 7.21. The van der Waals surface area contributed by atoms with Crippen molar-refractivity contribution in [2.45, 2.75) is 26.4 Å². The second-order valence-corrected chi connectivity index (χ2v) is 9.29. The van der Waals surface area contributed by atoms with Crippen LogP contribution < -0.4 is 5.32 Å². The Morgan fingerprint density at radius 2 is 1.97 bits per heavy atom. The van der Waals surface area contributed by atoms with Crippen LogP contribution in [0.25, 0.3) is 20.8 Å². The Hall–Kier alpha value is -2.54. The maximum Gasteiger partial charge on any atom is 0.241 e. The molecule has 4 aromatic rings. The standard InChI is InChI=1S/C23H23N3OS2/c1-15-6-11-20-21(13-15)29-23(25-20)17-7-9-18(10-8-17)24-22(27)16(2)26(3)14-19-5-4-12-28-19/h4-13,16H,14H2,1-3H3,(H,24,27). The van der Waals surface area contributed by atoms with E-state index in [1.165, 1.54) is 15.1 Å². The number of benzene rings is 2. The molecule has 0 aliphatic carbocycles. The number of nitrogens with one attached hydrogen (secondary N) is 1. The fraction of sp³-hybridized carbons (Fsp3) is 0.217. The molecule has 1 N–H and O–H groups in total. The molecule has 29 heavy (non-hydrogen) atoms. The zero-order valence-corrected chi connectivity index (χ0v) is 18.3. The molecule has 0 radical (unpaired) electrons. The van der Waals surface area contributed by atoms with Gasteiger partial charge in [0, 0.05) is 22.7 Å². The number of hydrogen-bond donors (Lipinski definition) is 1. The Morgan fingerprint density at radius 3 is 2.69 bits per heavy atom. The molecule has 1 atom stereocenters. The average Bonchev–Trinajstić information content (AvgIpc) is 3.37. The van der Waals surface area contributed by atoms with E-state index in [2.05, 4.69) is 46.8 Å². The molecule has 2 aromatic heterocycles. The number of carbonyl (C=O) groups is 1. The molecule has 4 rings (SSSR count).